The quantitative estimate of drug-likeness (QED) is 0.283. The Hall–Kier alpha value is -2.33. The Labute approximate surface area is 137 Å². The molecule has 3 atom stereocenters. The summed E-state index contributed by atoms with van der Waals surface area (Å²) in [4.78, 5) is 34.6. The van der Waals surface area contributed by atoms with Gasteiger partial charge in [0.05, 0.1) is 11.8 Å². The van der Waals surface area contributed by atoms with Gasteiger partial charge >= 0.3 is 23.7 Å². The zero-order valence-corrected chi connectivity index (χ0v) is 13.5. The summed E-state index contributed by atoms with van der Waals surface area (Å²) in [5, 5.41) is 39.5. The van der Waals surface area contributed by atoms with E-state index in [0.717, 1.165) is 0 Å². The summed E-state index contributed by atoms with van der Waals surface area (Å²) in [5.41, 5.74) is 0. The molecule has 1 aliphatic rings. The summed E-state index contributed by atoms with van der Waals surface area (Å²) >= 11 is 0. The van der Waals surface area contributed by atoms with E-state index in [1.807, 2.05) is 0 Å². The van der Waals surface area contributed by atoms with Crippen LogP contribution >= 0.6 is 0 Å². The number of carbonyl (C=O) groups excluding carboxylic acids is 3. The highest BCUT2D eigenvalue weighted by Gasteiger charge is 2.58. The lowest BCUT2D eigenvalue weighted by Crippen LogP contribution is -2.58. The SMILES string of the molecule is CC(C)C(=O)OC(O)[C@@](O)(OC(=O)C(C)C)[C@H]1OC(=O)C(O)=C1O. The van der Waals surface area contributed by atoms with Gasteiger partial charge in [-0.2, -0.15) is 0 Å². The van der Waals surface area contributed by atoms with Gasteiger partial charge in [0.25, 0.3) is 6.29 Å². The lowest BCUT2D eigenvalue weighted by atomic mass is 10.1. The Morgan fingerprint density at radius 3 is 2.00 bits per heavy atom. The Bertz CT molecular complexity index is 564. The number of esters is 3. The standard InChI is InChI=1S/C14H20O10/c1-5(2)10(17)23-13(20)14(21,24-11(18)6(3)4)9-7(15)8(16)12(19)22-9/h5-6,9,13,15-16,20-21H,1-4H3/t9-,13?,14-/m0/s1. The van der Waals surface area contributed by atoms with E-state index in [0.29, 0.717) is 0 Å². The van der Waals surface area contributed by atoms with Crippen LogP contribution in [0.2, 0.25) is 0 Å². The number of aliphatic hydroxyl groups excluding tert-OH is 3. The molecule has 0 saturated heterocycles. The summed E-state index contributed by atoms with van der Waals surface area (Å²) in [6, 6.07) is 0. The average Bonchev–Trinajstić information content (AvgIpc) is 2.74. The number of hydrogen-bond acceptors (Lipinski definition) is 10. The Balaban J connectivity index is 3.19. The van der Waals surface area contributed by atoms with Crippen molar-refractivity contribution < 1.29 is 49.0 Å². The van der Waals surface area contributed by atoms with E-state index in [-0.39, 0.29) is 0 Å². The highest BCUT2D eigenvalue weighted by atomic mass is 16.7. The summed E-state index contributed by atoms with van der Waals surface area (Å²) in [6.45, 7) is 5.69. The second kappa shape index (κ2) is 7.05. The number of hydrogen-bond donors (Lipinski definition) is 4. The van der Waals surface area contributed by atoms with E-state index in [2.05, 4.69) is 9.47 Å². The van der Waals surface area contributed by atoms with Crippen molar-refractivity contribution in [2.75, 3.05) is 0 Å². The topological polar surface area (TPSA) is 160 Å². The van der Waals surface area contributed by atoms with Gasteiger partial charge in [-0.1, -0.05) is 27.7 Å². The fourth-order valence-corrected chi connectivity index (χ4v) is 1.57. The first-order chi connectivity index (χ1) is 10.9. The first kappa shape index (κ1) is 19.7. The molecule has 0 aromatic rings. The first-order valence-electron chi connectivity index (χ1n) is 7.08. The summed E-state index contributed by atoms with van der Waals surface area (Å²) in [5.74, 6) is -10.5. The molecule has 0 aromatic heterocycles. The molecule has 0 bridgehead atoms. The van der Waals surface area contributed by atoms with Crippen molar-refractivity contribution in [3.05, 3.63) is 11.5 Å². The smallest absolute Gasteiger partial charge is 0.378 e. The first-order valence-corrected chi connectivity index (χ1v) is 7.08. The molecule has 1 aliphatic heterocycles. The van der Waals surface area contributed by atoms with Crippen LogP contribution in [-0.4, -0.2) is 56.5 Å². The van der Waals surface area contributed by atoms with E-state index in [9.17, 15) is 34.8 Å². The molecule has 1 unspecified atom stereocenters. The molecule has 10 heteroatoms. The van der Waals surface area contributed by atoms with Crippen molar-refractivity contribution in [2.45, 2.75) is 45.9 Å². The minimum absolute atomic E-state index is 0.701. The molecule has 0 fully saturated rings. The van der Waals surface area contributed by atoms with E-state index < -0.39 is 59.4 Å². The largest absolute Gasteiger partial charge is 0.505 e. The molecule has 1 rings (SSSR count). The maximum absolute atomic E-state index is 11.8. The van der Waals surface area contributed by atoms with Gasteiger partial charge in [-0.25, -0.2) is 4.79 Å². The van der Waals surface area contributed by atoms with Gasteiger partial charge in [-0.3, -0.25) is 9.59 Å². The lowest BCUT2D eigenvalue weighted by Gasteiger charge is -2.35. The molecule has 4 N–H and O–H groups in total. The van der Waals surface area contributed by atoms with Gasteiger partial charge < -0.3 is 34.6 Å². The van der Waals surface area contributed by atoms with Crippen molar-refractivity contribution in [1.82, 2.24) is 0 Å². The molecule has 24 heavy (non-hydrogen) atoms. The van der Waals surface area contributed by atoms with Gasteiger partial charge in [-0.15, -0.1) is 0 Å². The Morgan fingerprint density at radius 1 is 1.12 bits per heavy atom. The van der Waals surface area contributed by atoms with Crippen LogP contribution in [0.1, 0.15) is 27.7 Å². The van der Waals surface area contributed by atoms with Crippen LogP contribution in [0.15, 0.2) is 11.5 Å². The third-order valence-electron chi connectivity index (χ3n) is 3.07. The molecule has 10 nitrogen and oxygen atoms in total. The van der Waals surface area contributed by atoms with Crippen LogP contribution in [0, 0.1) is 11.8 Å². The second-order valence-corrected chi connectivity index (χ2v) is 5.79. The number of ether oxygens (including phenoxy) is 3. The number of cyclic esters (lactones) is 1. The van der Waals surface area contributed by atoms with E-state index >= 15 is 0 Å². The number of rotatable bonds is 6. The highest BCUT2D eigenvalue weighted by molar-refractivity contribution is 5.89. The van der Waals surface area contributed by atoms with Gasteiger partial charge in [0.2, 0.25) is 11.9 Å². The molecule has 0 aromatic carbocycles. The molecule has 0 spiro atoms. The van der Waals surface area contributed by atoms with Crippen LogP contribution < -0.4 is 0 Å². The predicted molar refractivity (Wildman–Crippen MR) is 75.0 cm³/mol. The summed E-state index contributed by atoms with van der Waals surface area (Å²) in [7, 11) is 0. The molecule has 0 aliphatic carbocycles. The van der Waals surface area contributed by atoms with E-state index in [1.165, 1.54) is 27.7 Å². The van der Waals surface area contributed by atoms with Crippen LogP contribution in [-0.2, 0) is 28.6 Å². The lowest BCUT2D eigenvalue weighted by molar-refractivity contribution is -0.331. The normalized spacial score (nSPS) is 21.5. The fraction of sp³-hybridized carbons (Fsp3) is 0.643. The molecule has 0 saturated carbocycles. The molecular weight excluding hydrogens is 328 g/mol. The van der Waals surface area contributed by atoms with Gasteiger partial charge in [-0.05, 0) is 0 Å². The second-order valence-electron chi connectivity index (χ2n) is 5.79. The van der Waals surface area contributed by atoms with Gasteiger partial charge in [0.15, 0.2) is 5.76 Å². The molecule has 1 heterocycles. The van der Waals surface area contributed by atoms with Crippen LogP contribution in [0.5, 0.6) is 0 Å². The Morgan fingerprint density at radius 2 is 1.62 bits per heavy atom. The fourth-order valence-electron chi connectivity index (χ4n) is 1.57. The van der Waals surface area contributed by atoms with Crippen molar-refractivity contribution in [3.63, 3.8) is 0 Å². The highest BCUT2D eigenvalue weighted by Crippen LogP contribution is 2.33. The van der Waals surface area contributed by atoms with Gasteiger partial charge in [0.1, 0.15) is 0 Å². The minimum atomic E-state index is -3.16. The third-order valence-corrected chi connectivity index (χ3v) is 3.07. The molecule has 136 valence electrons. The summed E-state index contributed by atoms with van der Waals surface area (Å²) < 4.78 is 13.8. The number of aliphatic hydroxyl groups is 4. The van der Waals surface area contributed by atoms with Crippen molar-refractivity contribution in [3.8, 4) is 0 Å². The van der Waals surface area contributed by atoms with Crippen molar-refractivity contribution in [2.24, 2.45) is 11.8 Å². The maximum Gasteiger partial charge on any atom is 0.378 e. The number of carbonyl (C=O) groups is 3. The molecule has 0 radical (unpaired) electrons. The zero-order valence-electron chi connectivity index (χ0n) is 13.5. The van der Waals surface area contributed by atoms with Crippen LogP contribution in [0.4, 0.5) is 0 Å². The monoisotopic (exact) mass is 348 g/mol. The van der Waals surface area contributed by atoms with Crippen LogP contribution in [0.3, 0.4) is 0 Å². The average molecular weight is 348 g/mol. The van der Waals surface area contributed by atoms with Crippen LogP contribution in [0.25, 0.3) is 0 Å². The maximum atomic E-state index is 11.8. The summed E-state index contributed by atoms with van der Waals surface area (Å²) in [6.07, 6.45) is -4.68. The van der Waals surface area contributed by atoms with Crippen molar-refractivity contribution in [1.29, 1.82) is 0 Å². The predicted octanol–water partition coefficient (Wildman–Crippen LogP) is -0.355. The van der Waals surface area contributed by atoms with Crippen molar-refractivity contribution >= 4 is 17.9 Å². The third kappa shape index (κ3) is 3.77. The van der Waals surface area contributed by atoms with Gasteiger partial charge in [0, 0.05) is 0 Å². The molecular formula is C14H20O10. The van der Waals surface area contributed by atoms with E-state index in [1.54, 1.807) is 0 Å². The van der Waals surface area contributed by atoms with E-state index in [4.69, 9.17) is 4.74 Å². The molecule has 0 amide bonds. The minimum Gasteiger partial charge on any atom is -0.505 e. The Kier molecular flexibility index (Phi) is 5.80. The zero-order chi connectivity index (χ0) is 18.8.